The molecule has 0 spiro atoms. The number of carbonyl (C=O) groups excluding carboxylic acids is 1. The van der Waals surface area contributed by atoms with Gasteiger partial charge in [0.25, 0.3) is 0 Å². The molecule has 2 aromatic carbocycles. The minimum atomic E-state index is -1.10. The van der Waals surface area contributed by atoms with Crippen LogP contribution in [0.4, 0.5) is 5.69 Å². The summed E-state index contributed by atoms with van der Waals surface area (Å²) in [6.45, 7) is 0. The van der Waals surface area contributed by atoms with Crippen LogP contribution in [-0.4, -0.2) is 22.1 Å². The first-order valence-electron chi connectivity index (χ1n) is 6.16. The number of carbonyl (C=O) groups is 2. The Morgan fingerprint density at radius 3 is 2.33 bits per heavy atom. The highest BCUT2D eigenvalue weighted by Crippen LogP contribution is 2.15. The molecule has 0 aromatic heterocycles. The van der Waals surface area contributed by atoms with Crippen molar-refractivity contribution in [2.45, 2.75) is 0 Å². The normalized spacial score (nSPS) is 10.5. The summed E-state index contributed by atoms with van der Waals surface area (Å²) in [5.41, 5.74) is 1.02. The summed E-state index contributed by atoms with van der Waals surface area (Å²) in [4.78, 5) is 22.8. The van der Waals surface area contributed by atoms with Gasteiger partial charge in [-0.15, -0.1) is 0 Å². The summed E-state index contributed by atoms with van der Waals surface area (Å²) in [7, 11) is 0. The highest BCUT2D eigenvalue weighted by atomic mass is 16.4. The van der Waals surface area contributed by atoms with Gasteiger partial charge in [0.15, 0.2) is 0 Å². The standard InChI is InChI=1S/C16H13NO4/c18-12-8-5-11(6-9-12)7-10-15(19)17-14-4-2-1-3-13(14)16(20)21/h1-10,18H,(H,17,19)(H,20,21). The smallest absolute Gasteiger partial charge is 0.337 e. The zero-order valence-electron chi connectivity index (χ0n) is 11.0. The van der Waals surface area contributed by atoms with Gasteiger partial charge >= 0.3 is 5.97 Å². The van der Waals surface area contributed by atoms with Crippen LogP contribution in [-0.2, 0) is 4.79 Å². The van der Waals surface area contributed by atoms with Crippen LogP contribution in [0.1, 0.15) is 15.9 Å². The van der Waals surface area contributed by atoms with E-state index in [0.717, 1.165) is 5.56 Å². The van der Waals surface area contributed by atoms with Crippen LogP contribution in [0.15, 0.2) is 54.6 Å². The van der Waals surface area contributed by atoms with Crippen LogP contribution in [0, 0.1) is 0 Å². The summed E-state index contributed by atoms with van der Waals surface area (Å²) in [6.07, 6.45) is 2.86. The number of phenolic OH excluding ortho intramolecular Hbond substituents is 1. The minimum Gasteiger partial charge on any atom is -0.508 e. The number of para-hydroxylation sites is 1. The van der Waals surface area contributed by atoms with Gasteiger partial charge in [0.1, 0.15) is 5.75 Å². The van der Waals surface area contributed by atoms with Gasteiger partial charge < -0.3 is 15.5 Å². The maximum atomic E-state index is 11.8. The molecule has 0 radical (unpaired) electrons. The van der Waals surface area contributed by atoms with Crippen molar-refractivity contribution in [3.63, 3.8) is 0 Å². The van der Waals surface area contributed by atoms with Crippen LogP contribution in [0.5, 0.6) is 5.75 Å². The van der Waals surface area contributed by atoms with Crippen molar-refractivity contribution < 1.29 is 19.8 Å². The molecule has 2 rings (SSSR count). The van der Waals surface area contributed by atoms with Gasteiger partial charge in [-0.25, -0.2) is 4.79 Å². The highest BCUT2D eigenvalue weighted by Gasteiger charge is 2.09. The van der Waals surface area contributed by atoms with Crippen molar-refractivity contribution in [1.29, 1.82) is 0 Å². The average Bonchev–Trinajstić information content (AvgIpc) is 2.47. The van der Waals surface area contributed by atoms with E-state index < -0.39 is 11.9 Å². The molecular formula is C16H13NO4. The molecule has 5 nitrogen and oxygen atoms in total. The number of phenols is 1. The maximum Gasteiger partial charge on any atom is 0.337 e. The predicted molar refractivity (Wildman–Crippen MR) is 79.2 cm³/mol. The third kappa shape index (κ3) is 3.94. The van der Waals surface area contributed by atoms with Gasteiger partial charge in [0.2, 0.25) is 5.91 Å². The SMILES string of the molecule is O=C(C=Cc1ccc(O)cc1)Nc1ccccc1C(=O)O. The number of amides is 1. The molecule has 106 valence electrons. The molecule has 3 N–H and O–H groups in total. The van der Waals surface area contributed by atoms with Gasteiger partial charge in [-0.05, 0) is 35.9 Å². The number of benzene rings is 2. The molecular weight excluding hydrogens is 270 g/mol. The van der Waals surface area contributed by atoms with Crippen molar-refractivity contribution >= 4 is 23.6 Å². The lowest BCUT2D eigenvalue weighted by atomic mass is 10.1. The lowest BCUT2D eigenvalue weighted by Crippen LogP contribution is -2.11. The molecule has 0 atom stereocenters. The van der Waals surface area contributed by atoms with E-state index in [0.29, 0.717) is 0 Å². The summed E-state index contributed by atoms with van der Waals surface area (Å²) in [5.74, 6) is -1.39. The highest BCUT2D eigenvalue weighted by molar-refractivity contribution is 6.06. The van der Waals surface area contributed by atoms with Crippen molar-refractivity contribution in [2.75, 3.05) is 5.32 Å². The Morgan fingerprint density at radius 2 is 1.67 bits per heavy atom. The second-order valence-corrected chi connectivity index (χ2v) is 4.26. The number of rotatable bonds is 4. The molecule has 21 heavy (non-hydrogen) atoms. The number of hydrogen-bond acceptors (Lipinski definition) is 3. The van der Waals surface area contributed by atoms with Crippen molar-refractivity contribution in [2.24, 2.45) is 0 Å². The number of hydrogen-bond donors (Lipinski definition) is 3. The molecule has 1 amide bonds. The number of carboxylic acids is 1. The number of anilines is 1. The number of carboxylic acid groups (broad SMARTS) is 1. The van der Waals surface area contributed by atoms with Gasteiger partial charge in [0, 0.05) is 6.08 Å². The molecule has 0 unspecified atom stereocenters. The topological polar surface area (TPSA) is 86.6 Å². The molecule has 0 aliphatic carbocycles. The number of aromatic carboxylic acids is 1. The average molecular weight is 283 g/mol. The Morgan fingerprint density at radius 1 is 1.00 bits per heavy atom. The Hall–Kier alpha value is -3.08. The van der Waals surface area contributed by atoms with Gasteiger partial charge in [0.05, 0.1) is 11.3 Å². The van der Waals surface area contributed by atoms with Crippen molar-refractivity contribution in [3.05, 3.63) is 65.7 Å². The summed E-state index contributed by atoms with van der Waals surface area (Å²) >= 11 is 0. The first-order valence-corrected chi connectivity index (χ1v) is 6.16. The monoisotopic (exact) mass is 283 g/mol. The largest absolute Gasteiger partial charge is 0.508 e. The van der Waals surface area contributed by atoms with E-state index in [4.69, 9.17) is 10.2 Å². The van der Waals surface area contributed by atoms with Crippen molar-refractivity contribution in [1.82, 2.24) is 0 Å². The van der Waals surface area contributed by atoms with Crippen LogP contribution in [0.25, 0.3) is 6.08 Å². The Labute approximate surface area is 121 Å². The van der Waals surface area contributed by atoms with Crippen LogP contribution >= 0.6 is 0 Å². The van der Waals surface area contributed by atoms with E-state index in [1.165, 1.54) is 30.3 Å². The number of nitrogens with one attached hydrogen (secondary N) is 1. The molecule has 0 bridgehead atoms. The summed E-state index contributed by atoms with van der Waals surface area (Å²) < 4.78 is 0. The van der Waals surface area contributed by atoms with Crippen molar-refractivity contribution in [3.8, 4) is 5.75 Å². The van der Waals surface area contributed by atoms with Gasteiger partial charge in [-0.3, -0.25) is 4.79 Å². The molecule has 5 heteroatoms. The third-order valence-electron chi connectivity index (χ3n) is 2.74. The van der Waals surface area contributed by atoms with E-state index in [1.54, 1.807) is 30.3 Å². The summed E-state index contributed by atoms with van der Waals surface area (Å²) in [5, 5.41) is 20.7. The van der Waals surface area contributed by atoms with E-state index in [2.05, 4.69) is 5.32 Å². The lowest BCUT2D eigenvalue weighted by molar-refractivity contribution is -0.111. The van der Waals surface area contributed by atoms with E-state index in [-0.39, 0.29) is 17.0 Å². The van der Waals surface area contributed by atoms with E-state index in [1.807, 2.05) is 0 Å². The molecule has 0 heterocycles. The van der Waals surface area contributed by atoms with Gasteiger partial charge in [-0.1, -0.05) is 24.3 Å². The van der Waals surface area contributed by atoms with Crippen LogP contribution < -0.4 is 5.32 Å². The Kier molecular flexibility index (Phi) is 4.36. The van der Waals surface area contributed by atoms with E-state index >= 15 is 0 Å². The van der Waals surface area contributed by atoms with E-state index in [9.17, 15) is 9.59 Å². The van der Waals surface area contributed by atoms with Crippen LogP contribution in [0.3, 0.4) is 0 Å². The molecule has 0 aliphatic rings. The second-order valence-electron chi connectivity index (χ2n) is 4.26. The zero-order valence-corrected chi connectivity index (χ0v) is 11.0. The molecule has 0 fully saturated rings. The Bertz CT molecular complexity index is 690. The first kappa shape index (κ1) is 14.3. The fourth-order valence-electron chi connectivity index (χ4n) is 1.71. The third-order valence-corrected chi connectivity index (χ3v) is 2.74. The van der Waals surface area contributed by atoms with Crippen LogP contribution in [0.2, 0.25) is 0 Å². The molecule has 0 aliphatic heterocycles. The molecule has 0 saturated carbocycles. The fourth-order valence-corrected chi connectivity index (χ4v) is 1.71. The second kappa shape index (κ2) is 6.38. The number of aromatic hydroxyl groups is 1. The quantitative estimate of drug-likeness (QED) is 0.753. The predicted octanol–water partition coefficient (Wildman–Crippen LogP) is 2.74. The zero-order chi connectivity index (χ0) is 15.2. The fraction of sp³-hybridized carbons (Fsp3) is 0. The first-order chi connectivity index (χ1) is 10.1. The lowest BCUT2D eigenvalue weighted by Gasteiger charge is -2.05. The minimum absolute atomic E-state index is 0.0314. The Balaban J connectivity index is 2.08. The molecule has 2 aromatic rings. The molecule has 0 saturated heterocycles. The summed E-state index contributed by atoms with van der Waals surface area (Å²) in [6, 6.07) is 12.5. The maximum absolute atomic E-state index is 11.8. The van der Waals surface area contributed by atoms with Gasteiger partial charge in [-0.2, -0.15) is 0 Å².